The molecule has 1 aromatic carbocycles. The van der Waals surface area contributed by atoms with Crippen LogP contribution in [0.4, 0.5) is 13.2 Å². The third-order valence-electron chi connectivity index (χ3n) is 3.21. The molecule has 0 aromatic heterocycles. The topological polar surface area (TPSA) is 9.23 Å². The third kappa shape index (κ3) is 1.60. The minimum Gasteiger partial charge on any atom is -0.363 e. The van der Waals surface area contributed by atoms with Crippen LogP contribution >= 0.6 is 31.9 Å². The van der Waals surface area contributed by atoms with Gasteiger partial charge < -0.3 is 4.74 Å². The molecule has 0 N–H and O–H groups in total. The summed E-state index contributed by atoms with van der Waals surface area (Å²) in [6, 6.07) is 4.27. The molecule has 1 aromatic rings. The summed E-state index contributed by atoms with van der Waals surface area (Å²) in [5, 5.41) is 0. The van der Waals surface area contributed by atoms with Gasteiger partial charge in [-0.2, -0.15) is 13.2 Å². The van der Waals surface area contributed by atoms with E-state index >= 15 is 0 Å². The molecule has 1 fully saturated rings. The fourth-order valence-electron chi connectivity index (χ4n) is 2.51. The molecule has 92 valence electrons. The van der Waals surface area contributed by atoms with Crippen molar-refractivity contribution in [2.45, 2.75) is 28.0 Å². The number of benzene rings is 1. The van der Waals surface area contributed by atoms with E-state index in [4.69, 9.17) is 4.74 Å². The van der Waals surface area contributed by atoms with Crippen molar-refractivity contribution in [1.82, 2.24) is 0 Å². The number of ether oxygens (including phenoxy) is 1. The molecule has 0 saturated carbocycles. The number of rotatable bonds is 0. The summed E-state index contributed by atoms with van der Waals surface area (Å²) in [6.45, 7) is 0. The highest BCUT2D eigenvalue weighted by Gasteiger charge is 2.53. The van der Waals surface area contributed by atoms with Gasteiger partial charge in [0.1, 0.15) is 0 Å². The fourth-order valence-corrected chi connectivity index (χ4v) is 3.86. The molecule has 6 heteroatoms. The Morgan fingerprint density at radius 1 is 1.06 bits per heavy atom. The quantitative estimate of drug-likeness (QED) is 0.616. The van der Waals surface area contributed by atoms with Crippen LogP contribution in [-0.4, -0.2) is 9.65 Å². The van der Waals surface area contributed by atoms with Crippen LogP contribution in [0.2, 0.25) is 0 Å². The summed E-state index contributed by atoms with van der Waals surface area (Å²) in [4.78, 5) is -0.105. The fraction of sp³-hybridized carbons (Fsp3) is 0.455. The van der Waals surface area contributed by atoms with Gasteiger partial charge in [-0.05, 0) is 17.2 Å². The predicted octanol–water partition coefficient (Wildman–Crippen LogP) is 4.36. The van der Waals surface area contributed by atoms with Gasteiger partial charge in [0.05, 0.1) is 27.4 Å². The summed E-state index contributed by atoms with van der Waals surface area (Å²) in [5.74, 6) is 0. The molecule has 1 nitrogen and oxygen atoms in total. The average Bonchev–Trinajstić information content (AvgIpc) is 2.76. The molecular formula is C11H7Br2F3O. The molecule has 0 unspecified atom stereocenters. The number of alkyl halides is 5. The highest BCUT2D eigenvalue weighted by molar-refractivity contribution is 9.12. The van der Waals surface area contributed by atoms with Gasteiger partial charge in [0.25, 0.3) is 0 Å². The van der Waals surface area contributed by atoms with Gasteiger partial charge in [-0.3, -0.25) is 0 Å². The Morgan fingerprint density at radius 2 is 1.71 bits per heavy atom. The van der Waals surface area contributed by atoms with Crippen molar-refractivity contribution in [3.8, 4) is 0 Å². The summed E-state index contributed by atoms with van der Waals surface area (Å²) < 4.78 is 44.3. The Kier molecular flexibility index (Phi) is 2.62. The van der Waals surface area contributed by atoms with Gasteiger partial charge in [0, 0.05) is 0 Å². The van der Waals surface area contributed by atoms with Gasteiger partial charge in [-0.15, -0.1) is 0 Å². The summed E-state index contributed by atoms with van der Waals surface area (Å²) >= 11 is 6.84. The van der Waals surface area contributed by atoms with E-state index in [0.717, 1.165) is 6.07 Å². The second kappa shape index (κ2) is 3.71. The first-order chi connectivity index (χ1) is 7.91. The van der Waals surface area contributed by atoms with Crippen molar-refractivity contribution in [1.29, 1.82) is 0 Å². The van der Waals surface area contributed by atoms with Crippen molar-refractivity contribution in [3.63, 3.8) is 0 Å². The predicted molar refractivity (Wildman–Crippen MR) is 63.4 cm³/mol. The monoisotopic (exact) mass is 370 g/mol. The van der Waals surface area contributed by atoms with Crippen molar-refractivity contribution < 1.29 is 17.9 Å². The van der Waals surface area contributed by atoms with Crippen LogP contribution in [0.3, 0.4) is 0 Å². The highest BCUT2D eigenvalue weighted by atomic mass is 79.9. The number of halogens is 5. The lowest BCUT2D eigenvalue weighted by atomic mass is 9.88. The van der Waals surface area contributed by atoms with Crippen molar-refractivity contribution >= 4 is 31.9 Å². The Bertz CT molecular complexity index is 474. The molecule has 2 bridgehead atoms. The molecule has 2 aliphatic heterocycles. The van der Waals surface area contributed by atoms with Crippen molar-refractivity contribution in [2.75, 3.05) is 0 Å². The lowest BCUT2D eigenvalue weighted by Gasteiger charge is -2.24. The molecule has 0 spiro atoms. The number of fused-ring (bicyclic) bond motifs is 5. The van der Waals surface area contributed by atoms with Crippen LogP contribution in [0.25, 0.3) is 0 Å². The molecule has 4 atom stereocenters. The van der Waals surface area contributed by atoms with Crippen LogP contribution in [-0.2, 0) is 10.9 Å². The molecule has 2 heterocycles. The zero-order valence-electron chi connectivity index (χ0n) is 8.34. The van der Waals surface area contributed by atoms with E-state index in [0.29, 0.717) is 11.1 Å². The summed E-state index contributed by atoms with van der Waals surface area (Å²) in [5.41, 5.74) is 0.372. The lowest BCUT2D eigenvalue weighted by Crippen LogP contribution is -2.24. The first-order valence-corrected chi connectivity index (χ1v) is 6.88. The minimum atomic E-state index is -4.33. The van der Waals surface area contributed by atoms with E-state index in [9.17, 15) is 13.2 Å². The van der Waals surface area contributed by atoms with Crippen molar-refractivity contribution in [2.24, 2.45) is 0 Å². The largest absolute Gasteiger partial charge is 0.416 e. The Hall–Kier alpha value is -0.0700. The van der Waals surface area contributed by atoms with Crippen molar-refractivity contribution in [3.05, 3.63) is 34.9 Å². The molecule has 0 radical (unpaired) electrons. The standard InChI is InChI=1S/C11H7Br2F3O/c12-7-8(13)10-6-4(9(7)17-10)2-1-3-5(6)11(14,15)16/h1-3,7-10H/t7-,8-,9-,10-/m1/s1. The maximum Gasteiger partial charge on any atom is 0.416 e. The van der Waals surface area contributed by atoms with Crippen LogP contribution in [0, 0.1) is 0 Å². The van der Waals surface area contributed by atoms with Crippen LogP contribution < -0.4 is 0 Å². The van der Waals surface area contributed by atoms with Gasteiger partial charge in [-0.25, -0.2) is 0 Å². The Morgan fingerprint density at radius 3 is 2.35 bits per heavy atom. The molecule has 0 amide bonds. The number of hydrogen-bond donors (Lipinski definition) is 0. The smallest absolute Gasteiger partial charge is 0.363 e. The molecule has 1 saturated heterocycles. The normalized spacial score (nSPS) is 35.1. The van der Waals surface area contributed by atoms with E-state index in [1.165, 1.54) is 6.07 Å². The molecular weight excluding hydrogens is 365 g/mol. The van der Waals surface area contributed by atoms with Gasteiger partial charge in [-0.1, -0.05) is 44.0 Å². The zero-order chi connectivity index (χ0) is 12.4. The van der Waals surface area contributed by atoms with E-state index in [1.807, 2.05) is 0 Å². The van der Waals surface area contributed by atoms with E-state index in [2.05, 4.69) is 31.9 Å². The maximum absolute atomic E-state index is 12.9. The van der Waals surface area contributed by atoms with E-state index in [1.54, 1.807) is 6.07 Å². The maximum atomic E-state index is 12.9. The highest BCUT2D eigenvalue weighted by Crippen LogP contribution is 2.58. The summed E-state index contributed by atoms with van der Waals surface area (Å²) in [6.07, 6.45) is -5.13. The van der Waals surface area contributed by atoms with Crippen LogP contribution in [0.5, 0.6) is 0 Å². The Balaban J connectivity index is 2.19. The molecule has 0 aliphatic carbocycles. The van der Waals surface area contributed by atoms with Crippen LogP contribution in [0.15, 0.2) is 18.2 Å². The summed E-state index contributed by atoms with van der Waals surface area (Å²) in [7, 11) is 0. The molecule has 17 heavy (non-hydrogen) atoms. The second-order valence-corrected chi connectivity index (χ2v) is 6.29. The minimum absolute atomic E-state index is 0.0171. The van der Waals surface area contributed by atoms with E-state index < -0.39 is 17.8 Å². The Labute approximate surface area is 113 Å². The first-order valence-electron chi connectivity index (χ1n) is 5.05. The second-order valence-electron chi connectivity index (χ2n) is 4.17. The third-order valence-corrected chi connectivity index (χ3v) is 6.02. The first kappa shape index (κ1) is 12.0. The molecule has 2 aliphatic rings. The van der Waals surface area contributed by atoms with E-state index in [-0.39, 0.29) is 15.8 Å². The van der Waals surface area contributed by atoms with Gasteiger partial charge in [0.15, 0.2) is 0 Å². The van der Waals surface area contributed by atoms with Gasteiger partial charge >= 0.3 is 6.18 Å². The SMILES string of the molecule is FC(F)(F)c1cccc2c1[C@H]1O[C@H]2[C@H](Br)[C@H]1Br. The number of hydrogen-bond acceptors (Lipinski definition) is 1. The zero-order valence-corrected chi connectivity index (χ0v) is 11.5. The lowest BCUT2D eigenvalue weighted by molar-refractivity contribution is -0.138. The molecule has 3 rings (SSSR count). The van der Waals surface area contributed by atoms with Gasteiger partial charge in [0.2, 0.25) is 0 Å². The van der Waals surface area contributed by atoms with Crippen LogP contribution in [0.1, 0.15) is 28.9 Å². The average molecular weight is 372 g/mol.